The molecule has 4 heteroatoms. The van der Waals surface area contributed by atoms with E-state index >= 15 is 0 Å². The number of ketones is 2. The van der Waals surface area contributed by atoms with Gasteiger partial charge in [0.05, 0.1) is 11.7 Å². The van der Waals surface area contributed by atoms with Gasteiger partial charge < -0.3 is 10.2 Å². The minimum absolute atomic E-state index is 0.147. The molecule has 0 aliphatic heterocycles. The molecule has 0 unspecified atom stereocenters. The molecule has 0 aromatic carbocycles. The van der Waals surface area contributed by atoms with Crippen molar-refractivity contribution < 1.29 is 19.8 Å². The first-order valence-corrected chi connectivity index (χ1v) is 8.20. The molecule has 2 N–H and O–H groups in total. The normalized spacial score (nSPS) is 34.2. The van der Waals surface area contributed by atoms with E-state index < -0.39 is 22.5 Å². The largest absolute Gasteiger partial charge is 0.390 e. The summed E-state index contributed by atoms with van der Waals surface area (Å²) < 4.78 is 0. The highest BCUT2D eigenvalue weighted by molar-refractivity contribution is 5.97. The predicted octanol–water partition coefficient (Wildman–Crippen LogP) is 2.56. The summed E-state index contributed by atoms with van der Waals surface area (Å²) >= 11 is 0. The lowest BCUT2D eigenvalue weighted by Crippen LogP contribution is -2.48. The van der Waals surface area contributed by atoms with Gasteiger partial charge in [0.2, 0.25) is 0 Å². The first-order valence-electron chi connectivity index (χ1n) is 8.20. The third-order valence-electron chi connectivity index (χ3n) is 5.72. The molecule has 3 atom stereocenters. The topological polar surface area (TPSA) is 74.6 Å². The van der Waals surface area contributed by atoms with Gasteiger partial charge in [-0.2, -0.15) is 0 Å². The molecule has 0 aromatic heterocycles. The highest BCUT2D eigenvalue weighted by Crippen LogP contribution is 2.54. The Morgan fingerprint density at radius 3 is 2.45 bits per heavy atom. The molecule has 2 aliphatic rings. The van der Waals surface area contributed by atoms with Crippen LogP contribution in [0.3, 0.4) is 0 Å². The van der Waals surface area contributed by atoms with Gasteiger partial charge in [0.15, 0.2) is 0 Å². The average molecular weight is 308 g/mol. The molecule has 4 nitrogen and oxygen atoms in total. The lowest BCUT2D eigenvalue weighted by molar-refractivity contribution is -0.136. The monoisotopic (exact) mass is 308 g/mol. The van der Waals surface area contributed by atoms with E-state index in [1.54, 1.807) is 13.8 Å². The number of hydrogen-bond donors (Lipinski definition) is 2. The molecule has 0 bridgehead atoms. The number of Topliss-reactive ketones (excluding diaryl/α,β-unsaturated/α-hetero) is 2. The van der Waals surface area contributed by atoms with Crippen LogP contribution in [0, 0.1) is 10.8 Å². The maximum atomic E-state index is 12.6. The van der Waals surface area contributed by atoms with E-state index in [9.17, 15) is 19.8 Å². The van der Waals surface area contributed by atoms with Crippen LogP contribution in [0.5, 0.6) is 0 Å². The molecule has 0 spiro atoms. The zero-order chi connectivity index (χ0) is 16.8. The molecule has 0 heterocycles. The zero-order valence-corrected chi connectivity index (χ0v) is 14.1. The van der Waals surface area contributed by atoms with Crippen LogP contribution in [-0.4, -0.2) is 33.5 Å². The molecular weight excluding hydrogens is 280 g/mol. The van der Waals surface area contributed by atoms with E-state index in [-0.39, 0.29) is 11.6 Å². The summed E-state index contributed by atoms with van der Waals surface area (Å²) in [5, 5.41) is 20.0. The van der Waals surface area contributed by atoms with E-state index in [1.807, 2.05) is 13.8 Å². The van der Waals surface area contributed by atoms with E-state index in [2.05, 4.69) is 6.08 Å². The van der Waals surface area contributed by atoms with E-state index in [1.165, 1.54) is 0 Å². The van der Waals surface area contributed by atoms with Gasteiger partial charge in [0.25, 0.3) is 0 Å². The van der Waals surface area contributed by atoms with Crippen molar-refractivity contribution in [1.82, 2.24) is 0 Å². The van der Waals surface area contributed by atoms with Crippen LogP contribution in [0.15, 0.2) is 11.6 Å². The SMILES string of the molecule is CC(C)(O)[C@@H](O)CC[C@]1(C)C(=O)CC[C@]2(C)C(=O)CCC=C21. The van der Waals surface area contributed by atoms with Gasteiger partial charge in [-0.05, 0) is 59.0 Å². The van der Waals surface area contributed by atoms with Crippen molar-refractivity contribution in [3.63, 3.8) is 0 Å². The molecule has 22 heavy (non-hydrogen) atoms. The van der Waals surface area contributed by atoms with Crippen molar-refractivity contribution in [2.45, 2.75) is 77.9 Å². The minimum atomic E-state index is -1.19. The van der Waals surface area contributed by atoms with E-state index in [0.29, 0.717) is 38.5 Å². The Bertz CT molecular complexity index is 514. The van der Waals surface area contributed by atoms with Gasteiger partial charge in [-0.1, -0.05) is 6.08 Å². The molecule has 0 radical (unpaired) electrons. The summed E-state index contributed by atoms with van der Waals surface area (Å²) in [5.74, 6) is 0.376. The Labute approximate surface area is 132 Å². The number of carbonyl (C=O) groups is 2. The Hall–Kier alpha value is -1.00. The van der Waals surface area contributed by atoms with Crippen LogP contribution in [0.25, 0.3) is 0 Å². The zero-order valence-electron chi connectivity index (χ0n) is 14.1. The molecule has 124 valence electrons. The summed E-state index contributed by atoms with van der Waals surface area (Å²) in [7, 11) is 0. The second-order valence-corrected chi connectivity index (χ2v) is 7.88. The summed E-state index contributed by atoms with van der Waals surface area (Å²) in [5.41, 5.74) is -1.47. The predicted molar refractivity (Wildman–Crippen MR) is 84.3 cm³/mol. The van der Waals surface area contributed by atoms with Crippen molar-refractivity contribution in [3.05, 3.63) is 11.6 Å². The smallest absolute Gasteiger partial charge is 0.143 e. The van der Waals surface area contributed by atoms with Crippen molar-refractivity contribution in [2.75, 3.05) is 0 Å². The number of allylic oxidation sites excluding steroid dienone is 2. The summed E-state index contributed by atoms with van der Waals surface area (Å²) in [6, 6.07) is 0. The van der Waals surface area contributed by atoms with E-state index in [4.69, 9.17) is 0 Å². The second-order valence-electron chi connectivity index (χ2n) is 7.88. The number of fused-ring (bicyclic) bond motifs is 1. The summed E-state index contributed by atoms with van der Waals surface area (Å²) in [6.07, 6.45) is 4.24. The Morgan fingerprint density at radius 1 is 1.23 bits per heavy atom. The van der Waals surface area contributed by atoms with Crippen LogP contribution >= 0.6 is 0 Å². The maximum absolute atomic E-state index is 12.6. The van der Waals surface area contributed by atoms with Crippen LogP contribution < -0.4 is 0 Å². The van der Waals surface area contributed by atoms with Gasteiger partial charge in [-0.25, -0.2) is 0 Å². The van der Waals surface area contributed by atoms with Crippen LogP contribution in [-0.2, 0) is 9.59 Å². The van der Waals surface area contributed by atoms with Crippen molar-refractivity contribution in [3.8, 4) is 0 Å². The highest BCUT2D eigenvalue weighted by atomic mass is 16.3. The minimum Gasteiger partial charge on any atom is -0.390 e. The molecular formula is C18H28O4. The lowest BCUT2D eigenvalue weighted by atomic mass is 9.54. The fourth-order valence-corrected chi connectivity index (χ4v) is 3.95. The highest BCUT2D eigenvalue weighted by Gasteiger charge is 2.53. The lowest BCUT2D eigenvalue weighted by Gasteiger charge is -2.48. The van der Waals surface area contributed by atoms with Crippen molar-refractivity contribution in [1.29, 1.82) is 0 Å². The van der Waals surface area contributed by atoms with Crippen LogP contribution in [0.4, 0.5) is 0 Å². The fraction of sp³-hybridized carbons (Fsp3) is 0.778. The molecule has 2 rings (SSSR count). The van der Waals surface area contributed by atoms with Crippen molar-refractivity contribution in [2.24, 2.45) is 10.8 Å². The van der Waals surface area contributed by atoms with E-state index in [0.717, 1.165) is 5.57 Å². The quantitative estimate of drug-likeness (QED) is 0.783. The molecule has 0 amide bonds. The van der Waals surface area contributed by atoms with Gasteiger partial charge in [-0.3, -0.25) is 9.59 Å². The molecule has 0 aromatic rings. The number of rotatable bonds is 4. The molecule has 1 fully saturated rings. The maximum Gasteiger partial charge on any atom is 0.143 e. The molecule has 0 saturated heterocycles. The summed E-state index contributed by atoms with van der Waals surface area (Å²) in [4.78, 5) is 25.0. The first kappa shape index (κ1) is 17.4. The van der Waals surface area contributed by atoms with Gasteiger partial charge in [0.1, 0.15) is 11.6 Å². The average Bonchev–Trinajstić information content (AvgIpc) is 2.42. The number of hydrogen-bond acceptors (Lipinski definition) is 4. The van der Waals surface area contributed by atoms with Crippen LogP contribution in [0.1, 0.15) is 66.2 Å². The Kier molecular flexibility index (Phi) is 4.39. The van der Waals surface area contributed by atoms with Gasteiger partial charge in [0, 0.05) is 23.7 Å². The Balaban J connectivity index is 2.28. The summed E-state index contributed by atoms with van der Waals surface area (Å²) in [6.45, 7) is 6.98. The number of aliphatic hydroxyl groups excluding tert-OH is 1. The third kappa shape index (κ3) is 2.79. The van der Waals surface area contributed by atoms with Gasteiger partial charge >= 0.3 is 0 Å². The standard InChI is InChI=1S/C18H28O4/c1-16(2,22)13(19)8-10-18(4)12-6-5-7-14(20)17(12,3)11-9-15(18)21/h6,13,19,22H,5,7-11H2,1-4H3/t13-,17-,18-/m0/s1. The number of carbonyl (C=O) groups excluding carboxylic acids is 2. The van der Waals surface area contributed by atoms with Crippen LogP contribution in [0.2, 0.25) is 0 Å². The Morgan fingerprint density at radius 2 is 1.86 bits per heavy atom. The number of aliphatic hydroxyl groups is 2. The fourth-order valence-electron chi connectivity index (χ4n) is 3.95. The first-order chi connectivity index (χ1) is 10.0. The second kappa shape index (κ2) is 5.57. The van der Waals surface area contributed by atoms with Crippen molar-refractivity contribution >= 4 is 11.6 Å². The molecule has 1 saturated carbocycles. The third-order valence-corrected chi connectivity index (χ3v) is 5.72. The van der Waals surface area contributed by atoms with Gasteiger partial charge in [-0.15, -0.1) is 0 Å². The molecule has 2 aliphatic carbocycles.